The van der Waals surface area contributed by atoms with E-state index in [1.807, 2.05) is 0 Å². The fourth-order valence-corrected chi connectivity index (χ4v) is 3.89. The third-order valence-corrected chi connectivity index (χ3v) is 5.57. The zero-order chi connectivity index (χ0) is 21.6. The van der Waals surface area contributed by atoms with Crippen LogP contribution in [0.3, 0.4) is 0 Å². The fourth-order valence-electron chi connectivity index (χ4n) is 2.46. The Balaban J connectivity index is 2.60. The van der Waals surface area contributed by atoms with Gasteiger partial charge in [0, 0.05) is 12.1 Å². The number of benzene rings is 2. The third kappa shape index (κ3) is 4.88. The van der Waals surface area contributed by atoms with Gasteiger partial charge in [0.25, 0.3) is 15.7 Å². The van der Waals surface area contributed by atoms with Crippen LogP contribution in [-0.4, -0.2) is 45.5 Å². The molecule has 0 atom stereocenters. The second kappa shape index (κ2) is 9.15. The number of hydrogen-bond acceptors (Lipinski definition) is 8. The molecule has 0 aliphatic rings. The number of nitrogens with zero attached hydrogens (tertiary/aromatic N) is 2. The van der Waals surface area contributed by atoms with Gasteiger partial charge in [0.1, 0.15) is 6.54 Å². The van der Waals surface area contributed by atoms with Crippen LogP contribution in [0.5, 0.6) is 0 Å². The summed E-state index contributed by atoms with van der Waals surface area (Å²) in [6.07, 6.45) is 0. The first kappa shape index (κ1) is 21.8. The van der Waals surface area contributed by atoms with E-state index < -0.39 is 33.4 Å². The highest BCUT2D eigenvalue weighted by Gasteiger charge is 2.31. The van der Waals surface area contributed by atoms with Crippen molar-refractivity contribution in [3.05, 3.63) is 64.2 Å². The summed E-state index contributed by atoms with van der Waals surface area (Å²) in [5.41, 5.74) is -0.466. The van der Waals surface area contributed by atoms with Crippen molar-refractivity contribution < 1.29 is 32.4 Å². The molecule has 0 unspecified atom stereocenters. The first-order valence-electron chi connectivity index (χ1n) is 8.32. The Hall–Kier alpha value is -3.47. The third-order valence-electron chi connectivity index (χ3n) is 3.79. The summed E-state index contributed by atoms with van der Waals surface area (Å²) in [5.74, 6) is -1.63. The predicted octanol–water partition coefficient (Wildman–Crippen LogP) is 2.14. The maximum absolute atomic E-state index is 13.2. The van der Waals surface area contributed by atoms with Crippen LogP contribution in [0, 0.1) is 10.1 Å². The lowest BCUT2D eigenvalue weighted by Crippen LogP contribution is -2.37. The maximum atomic E-state index is 13.2. The average Bonchev–Trinajstić information content (AvgIpc) is 2.71. The number of non-ortho nitro benzene ring substituents is 1. The van der Waals surface area contributed by atoms with Crippen molar-refractivity contribution in [3.63, 3.8) is 0 Å². The lowest BCUT2D eigenvalue weighted by Gasteiger charge is -2.25. The lowest BCUT2D eigenvalue weighted by molar-refractivity contribution is -0.384. The van der Waals surface area contributed by atoms with E-state index in [0.717, 1.165) is 31.4 Å². The molecule has 0 saturated heterocycles. The van der Waals surface area contributed by atoms with Gasteiger partial charge in [-0.05, 0) is 31.2 Å². The number of anilines is 1. The normalized spacial score (nSPS) is 10.8. The first-order chi connectivity index (χ1) is 13.7. The maximum Gasteiger partial charge on any atom is 0.340 e. The zero-order valence-electron chi connectivity index (χ0n) is 15.6. The van der Waals surface area contributed by atoms with Gasteiger partial charge < -0.3 is 9.47 Å². The van der Waals surface area contributed by atoms with Crippen molar-refractivity contribution in [2.75, 3.05) is 24.6 Å². The monoisotopic (exact) mass is 422 g/mol. The summed E-state index contributed by atoms with van der Waals surface area (Å²) in [7, 11) is -3.23. The molecular formula is C18H18N2O8S. The van der Waals surface area contributed by atoms with Crippen molar-refractivity contribution in [1.29, 1.82) is 0 Å². The van der Waals surface area contributed by atoms with Crippen LogP contribution >= 0.6 is 0 Å². The van der Waals surface area contributed by atoms with Crippen molar-refractivity contribution in [2.24, 2.45) is 0 Å². The van der Waals surface area contributed by atoms with Gasteiger partial charge in [-0.1, -0.05) is 12.1 Å². The second-order valence-corrected chi connectivity index (χ2v) is 7.44. The quantitative estimate of drug-likeness (QED) is 0.359. The summed E-state index contributed by atoms with van der Waals surface area (Å²) >= 11 is 0. The van der Waals surface area contributed by atoms with Crippen LogP contribution in [0.4, 0.5) is 11.4 Å². The minimum absolute atomic E-state index is 0.0307. The van der Waals surface area contributed by atoms with Gasteiger partial charge in [-0.2, -0.15) is 0 Å². The van der Waals surface area contributed by atoms with Gasteiger partial charge >= 0.3 is 11.9 Å². The molecule has 2 aromatic rings. The molecule has 0 fully saturated rings. The van der Waals surface area contributed by atoms with E-state index in [-0.39, 0.29) is 28.4 Å². The van der Waals surface area contributed by atoms with Gasteiger partial charge in [-0.15, -0.1) is 0 Å². The number of esters is 2. The topological polar surface area (TPSA) is 133 Å². The average molecular weight is 422 g/mol. The molecule has 0 bridgehead atoms. The Kier molecular flexibility index (Phi) is 6.89. The van der Waals surface area contributed by atoms with Crippen LogP contribution < -0.4 is 4.31 Å². The molecule has 2 aromatic carbocycles. The van der Waals surface area contributed by atoms with E-state index in [1.165, 1.54) is 24.3 Å². The van der Waals surface area contributed by atoms with Gasteiger partial charge in [0.2, 0.25) is 0 Å². The molecule has 0 N–H and O–H groups in total. The SMILES string of the molecule is CCOC(=O)CN(c1ccccc1C(=O)OC)S(=O)(=O)c1ccc([N+](=O)[O-])cc1. The van der Waals surface area contributed by atoms with Crippen LogP contribution in [0.15, 0.2) is 53.4 Å². The minimum Gasteiger partial charge on any atom is -0.465 e. The molecule has 0 radical (unpaired) electrons. The van der Waals surface area contributed by atoms with Crippen molar-refractivity contribution in [3.8, 4) is 0 Å². The van der Waals surface area contributed by atoms with E-state index in [0.29, 0.717) is 4.31 Å². The van der Waals surface area contributed by atoms with Gasteiger partial charge in [0.05, 0.1) is 34.8 Å². The number of sulfonamides is 1. The molecular weight excluding hydrogens is 404 g/mol. The van der Waals surface area contributed by atoms with E-state index >= 15 is 0 Å². The standard InChI is InChI=1S/C18H18N2O8S/c1-3-28-17(21)12-19(16-7-5-4-6-15(16)18(22)27-2)29(25,26)14-10-8-13(9-11-14)20(23)24/h4-11H,3,12H2,1-2H3. The zero-order valence-corrected chi connectivity index (χ0v) is 16.4. The number of para-hydroxylation sites is 1. The van der Waals surface area contributed by atoms with Crippen LogP contribution in [0.25, 0.3) is 0 Å². The number of methoxy groups -OCH3 is 1. The fraction of sp³-hybridized carbons (Fsp3) is 0.222. The summed E-state index contributed by atoms with van der Waals surface area (Å²) in [6, 6.07) is 9.85. The molecule has 11 heteroatoms. The number of nitro groups is 1. The highest BCUT2D eigenvalue weighted by molar-refractivity contribution is 7.92. The van der Waals surface area contributed by atoms with E-state index in [9.17, 15) is 28.1 Å². The van der Waals surface area contributed by atoms with Crippen molar-refractivity contribution in [2.45, 2.75) is 11.8 Å². The number of nitro benzene ring substituents is 1. The Morgan fingerprint density at radius 2 is 1.72 bits per heavy atom. The van der Waals surface area contributed by atoms with Gasteiger partial charge in [-0.25, -0.2) is 13.2 Å². The summed E-state index contributed by atoms with van der Waals surface area (Å²) in [5, 5.41) is 10.8. The van der Waals surface area contributed by atoms with E-state index in [2.05, 4.69) is 4.74 Å². The number of ether oxygens (including phenoxy) is 2. The summed E-state index contributed by atoms with van der Waals surface area (Å²) < 4.78 is 36.7. The van der Waals surface area contributed by atoms with E-state index in [4.69, 9.17) is 4.74 Å². The highest BCUT2D eigenvalue weighted by Crippen LogP contribution is 2.28. The molecule has 0 spiro atoms. The molecule has 10 nitrogen and oxygen atoms in total. The molecule has 29 heavy (non-hydrogen) atoms. The Morgan fingerprint density at radius 3 is 2.28 bits per heavy atom. The predicted molar refractivity (Wildman–Crippen MR) is 102 cm³/mol. The molecule has 0 saturated carbocycles. The summed E-state index contributed by atoms with van der Waals surface area (Å²) in [4.78, 5) is 34.0. The number of carbonyl (C=O) groups is 2. The van der Waals surface area contributed by atoms with Crippen LogP contribution in [0.2, 0.25) is 0 Å². The molecule has 0 aliphatic heterocycles. The van der Waals surface area contributed by atoms with E-state index in [1.54, 1.807) is 6.92 Å². The Labute approximate surface area is 166 Å². The van der Waals surface area contributed by atoms with Crippen molar-refractivity contribution in [1.82, 2.24) is 0 Å². The minimum atomic E-state index is -4.37. The highest BCUT2D eigenvalue weighted by atomic mass is 32.2. The van der Waals surface area contributed by atoms with Crippen LogP contribution in [0.1, 0.15) is 17.3 Å². The lowest BCUT2D eigenvalue weighted by atomic mass is 10.2. The van der Waals surface area contributed by atoms with Gasteiger partial charge in [0.15, 0.2) is 0 Å². The molecule has 0 aromatic heterocycles. The number of rotatable bonds is 8. The largest absolute Gasteiger partial charge is 0.465 e. The number of carbonyl (C=O) groups excluding carboxylic acids is 2. The number of hydrogen-bond donors (Lipinski definition) is 0. The Morgan fingerprint density at radius 1 is 1.10 bits per heavy atom. The molecule has 0 aliphatic carbocycles. The first-order valence-corrected chi connectivity index (χ1v) is 9.76. The van der Waals surface area contributed by atoms with Crippen LogP contribution in [-0.2, 0) is 24.3 Å². The summed E-state index contributed by atoms with van der Waals surface area (Å²) in [6.45, 7) is 0.888. The molecule has 0 heterocycles. The molecule has 2 rings (SSSR count). The second-order valence-electron chi connectivity index (χ2n) is 5.58. The van der Waals surface area contributed by atoms with Crippen molar-refractivity contribution >= 4 is 33.3 Å². The molecule has 0 amide bonds. The Bertz CT molecular complexity index is 1020. The molecule has 154 valence electrons. The smallest absolute Gasteiger partial charge is 0.340 e. The van der Waals surface area contributed by atoms with Gasteiger partial charge in [-0.3, -0.25) is 19.2 Å².